The summed E-state index contributed by atoms with van der Waals surface area (Å²) >= 11 is 5.99. The number of hydrogen-bond acceptors (Lipinski definition) is 3. The van der Waals surface area contributed by atoms with Gasteiger partial charge in [0, 0.05) is 36.6 Å². The van der Waals surface area contributed by atoms with Gasteiger partial charge in [0.2, 0.25) is 0 Å². The fourth-order valence-electron chi connectivity index (χ4n) is 1.95. The standard InChI is InChI=1S/C12H15ClN2O.C4H10/c1-9-8-11(2-3-12(9)13)15-6-4-10(14-16)5-7-15;1-4(2)3/h2-3,8,16H,4-7H2,1H3;4H,1-3H3. The molecule has 0 amide bonds. The monoisotopic (exact) mass is 296 g/mol. The predicted molar refractivity (Wildman–Crippen MR) is 87.4 cm³/mol. The summed E-state index contributed by atoms with van der Waals surface area (Å²) < 4.78 is 0. The smallest absolute Gasteiger partial charge is 0.0606 e. The number of anilines is 1. The number of hydrogen-bond donors (Lipinski definition) is 1. The van der Waals surface area contributed by atoms with Crippen LogP contribution in [0.2, 0.25) is 5.02 Å². The van der Waals surface area contributed by atoms with Crippen molar-refractivity contribution in [3.8, 4) is 0 Å². The van der Waals surface area contributed by atoms with Crippen LogP contribution in [0.3, 0.4) is 0 Å². The molecule has 112 valence electrons. The number of aryl methyl sites for hydroxylation is 1. The molecule has 0 atom stereocenters. The molecule has 0 bridgehead atoms. The zero-order chi connectivity index (χ0) is 15.1. The molecule has 2 rings (SSSR count). The van der Waals surface area contributed by atoms with Crippen molar-refractivity contribution in [3.05, 3.63) is 28.8 Å². The molecule has 1 saturated heterocycles. The van der Waals surface area contributed by atoms with Crippen molar-refractivity contribution in [2.24, 2.45) is 11.1 Å². The lowest BCUT2D eigenvalue weighted by Crippen LogP contribution is -2.33. The third-order valence-corrected chi connectivity index (χ3v) is 3.41. The second-order valence-electron chi connectivity index (χ2n) is 5.82. The summed E-state index contributed by atoms with van der Waals surface area (Å²) in [4.78, 5) is 2.29. The van der Waals surface area contributed by atoms with Crippen molar-refractivity contribution in [2.75, 3.05) is 18.0 Å². The molecule has 20 heavy (non-hydrogen) atoms. The Morgan fingerprint density at radius 1 is 1.20 bits per heavy atom. The molecule has 1 aliphatic rings. The van der Waals surface area contributed by atoms with Gasteiger partial charge in [0.05, 0.1) is 5.71 Å². The average molecular weight is 297 g/mol. The molecule has 0 aliphatic carbocycles. The van der Waals surface area contributed by atoms with E-state index in [4.69, 9.17) is 16.8 Å². The zero-order valence-corrected chi connectivity index (χ0v) is 13.6. The summed E-state index contributed by atoms with van der Waals surface area (Å²) in [5.41, 5.74) is 3.18. The van der Waals surface area contributed by atoms with Crippen LogP contribution in [0.5, 0.6) is 0 Å². The lowest BCUT2D eigenvalue weighted by atomic mass is 10.1. The minimum Gasteiger partial charge on any atom is -0.411 e. The van der Waals surface area contributed by atoms with Crippen LogP contribution in [0.4, 0.5) is 5.69 Å². The molecule has 0 saturated carbocycles. The van der Waals surface area contributed by atoms with Crippen LogP contribution in [0, 0.1) is 12.8 Å². The van der Waals surface area contributed by atoms with E-state index in [0.717, 1.165) is 48.1 Å². The van der Waals surface area contributed by atoms with Gasteiger partial charge in [-0.05, 0) is 36.6 Å². The van der Waals surface area contributed by atoms with E-state index in [1.807, 2.05) is 19.1 Å². The Hall–Kier alpha value is -1.22. The molecule has 1 aromatic carbocycles. The van der Waals surface area contributed by atoms with Gasteiger partial charge in [-0.2, -0.15) is 0 Å². The van der Waals surface area contributed by atoms with Gasteiger partial charge >= 0.3 is 0 Å². The Balaban J connectivity index is 0.000000444. The van der Waals surface area contributed by atoms with Gasteiger partial charge in [-0.1, -0.05) is 37.5 Å². The summed E-state index contributed by atoms with van der Waals surface area (Å²) in [6.07, 6.45) is 1.66. The minimum absolute atomic E-state index is 0.804. The highest BCUT2D eigenvalue weighted by Gasteiger charge is 2.15. The molecule has 0 radical (unpaired) electrons. The van der Waals surface area contributed by atoms with Gasteiger partial charge in [0.25, 0.3) is 0 Å². The van der Waals surface area contributed by atoms with E-state index in [9.17, 15) is 0 Å². The first-order valence-corrected chi connectivity index (χ1v) is 7.52. The zero-order valence-electron chi connectivity index (χ0n) is 12.9. The fourth-order valence-corrected chi connectivity index (χ4v) is 2.07. The van der Waals surface area contributed by atoms with Crippen LogP contribution in [-0.4, -0.2) is 24.0 Å². The third-order valence-electron chi connectivity index (χ3n) is 2.99. The molecular weight excluding hydrogens is 272 g/mol. The first-order valence-electron chi connectivity index (χ1n) is 7.15. The van der Waals surface area contributed by atoms with Gasteiger partial charge < -0.3 is 10.1 Å². The average Bonchev–Trinajstić information content (AvgIpc) is 2.41. The van der Waals surface area contributed by atoms with Crippen molar-refractivity contribution in [2.45, 2.75) is 40.5 Å². The molecule has 0 unspecified atom stereocenters. The highest BCUT2D eigenvalue weighted by Crippen LogP contribution is 2.24. The van der Waals surface area contributed by atoms with E-state index in [1.165, 1.54) is 5.69 Å². The highest BCUT2D eigenvalue weighted by atomic mass is 35.5. The molecule has 1 N–H and O–H groups in total. The van der Waals surface area contributed by atoms with Gasteiger partial charge in [-0.15, -0.1) is 0 Å². The number of benzene rings is 1. The van der Waals surface area contributed by atoms with Gasteiger partial charge in [-0.25, -0.2) is 0 Å². The second-order valence-corrected chi connectivity index (χ2v) is 6.23. The molecule has 1 aromatic rings. The first-order chi connectivity index (χ1) is 9.43. The molecular formula is C16H25ClN2O. The second kappa shape index (κ2) is 8.15. The maximum absolute atomic E-state index is 8.68. The number of nitrogens with zero attached hydrogens (tertiary/aromatic N) is 2. The number of piperidine rings is 1. The molecule has 4 heteroatoms. The summed E-state index contributed by atoms with van der Waals surface area (Å²) in [5.74, 6) is 0.833. The topological polar surface area (TPSA) is 35.8 Å². The minimum atomic E-state index is 0.804. The van der Waals surface area contributed by atoms with E-state index in [0.29, 0.717) is 0 Å². The summed E-state index contributed by atoms with van der Waals surface area (Å²) in [5, 5.41) is 12.8. The Morgan fingerprint density at radius 3 is 2.20 bits per heavy atom. The number of rotatable bonds is 1. The molecule has 1 heterocycles. The molecule has 0 spiro atoms. The summed E-state index contributed by atoms with van der Waals surface area (Å²) in [6.45, 7) is 10.3. The van der Waals surface area contributed by atoms with Crippen LogP contribution in [-0.2, 0) is 0 Å². The van der Waals surface area contributed by atoms with Crippen molar-refractivity contribution in [3.63, 3.8) is 0 Å². The third kappa shape index (κ3) is 5.41. The van der Waals surface area contributed by atoms with Crippen LogP contribution >= 0.6 is 11.6 Å². The number of halogens is 1. The molecule has 1 fully saturated rings. The Kier molecular flexibility index (Phi) is 6.86. The van der Waals surface area contributed by atoms with E-state index in [-0.39, 0.29) is 0 Å². The van der Waals surface area contributed by atoms with Crippen LogP contribution < -0.4 is 4.90 Å². The first kappa shape index (κ1) is 16.8. The molecule has 1 aliphatic heterocycles. The van der Waals surface area contributed by atoms with Crippen LogP contribution in [0.25, 0.3) is 0 Å². The van der Waals surface area contributed by atoms with Crippen molar-refractivity contribution in [1.82, 2.24) is 0 Å². The van der Waals surface area contributed by atoms with Gasteiger partial charge in [-0.3, -0.25) is 0 Å². The number of oxime groups is 1. The quantitative estimate of drug-likeness (QED) is 0.600. The van der Waals surface area contributed by atoms with Crippen molar-refractivity contribution >= 4 is 23.0 Å². The van der Waals surface area contributed by atoms with Crippen molar-refractivity contribution in [1.29, 1.82) is 0 Å². The van der Waals surface area contributed by atoms with E-state index < -0.39 is 0 Å². The lowest BCUT2D eigenvalue weighted by Gasteiger charge is -2.29. The maximum Gasteiger partial charge on any atom is 0.0606 e. The maximum atomic E-state index is 8.68. The lowest BCUT2D eigenvalue weighted by molar-refractivity contribution is 0.315. The van der Waals surface area contributed by atoms with E-state index >= 15 is 0 Å². The Morgan fingerprint density at radius 2 is 1.75 bits per heavy atom. The normalized spacial score (nSPS) is 14.9. The summed E-state index contributed by atoms with van der Waals surface area (Å²) in [7, 11) is 0. The van der Waals surface area contributed by atoms with Crippen molar-refractivity contribution < 1.29 is 5.21 Å². The highest BCUT2D eigenvalue weighted by molar-refractivity contribution is 6.31. The Bertz CT molecular complexity index is 445. The largest absolute Gasteiger partial charge is 0.411 e. The van der Waals surface area contributed by atoms with E-state index in [1.54, 1.807) is 0 Å². The predicted octanol–water partition coefficient (Wildman–Crippen LogP) is 4.74. The summed E-state index contributed by atoms with van der Waals surface area (Å²) in [6, 6.07) is 6.07. The Labute approximate surface area is 127 Å². The van der Waals surface area contributed by atoms with Crippen LogP contribution in [0.1, 0.15) is 39.2 Å². The SMILES string of the molecule is CC(C)C.Cc1cc(N2CCC(=NO)CC2)ccc1Cl. The van der Waals surface area contributed by atoms with Gasteiger partial charge in [0.1, 0.15) is 0 Å². The molecule has 0 aromatic heterocycles. The fraction of sp³-hybridized carbons (Fsp3) is 0.562. The van der Waals surface area contributed by atoms with Crippen LogP contribution in [0.15, 0.2) is 23.4 Å². The van der Waals surface area contributed by atoms with Gasteiger partial charge in [0.15, 0.2) is 0 Å². The molecule has 3 nitrogen and oxygen atoms in total. The van der Waals surface area contributed by atoms with E-state index in [2.05, 4.69) is 36.9 Å².